The fraction of sp³-hybridized carbons (Fsp3) is 0.278. The third-order valence-corrected chi connectivity index (χ3v) is 4.24. The van der Waals surface area contributed by atoms with E-state index in [9.17, 15) is 0 Å². The van der Waals surface area contributed by atoms with Gasteiger partial charge in [0, 0.05) is 31.1 Å². The Morgan fingerprint density at radius 1 is 1.21 bits per heavy atom. The Bertz CT molecular complexity index is 905. The van der Waals surface area contributed by atoms with Crippen LogP contribution in [0.5, 0.6) is 0 Å². The molecule has 6 heteroatoms. The summed E-state index contributed by atoms with van der Waals surface area (Å²) < 4.78 is 7.21. The molecule has 6 nitrogen and oxygen atoms in total. The smallest absolute Gasteiger partial charge is 0.101 e. The van der Waals surface area contributed by atoms with E-state index in [0.717, 1.165) is 48.6 Å². The van der Waals surface area contributed by atoms with Gasteiger partial charge in [0.15, 0.2) is 0 Å². The van der Waals surface area contributed by atoms with Crippen molar-refractivity contribution >= 4 is 11.2 Å². The van der Waals surface area contributed by atoms with Crippen LogP contribution < -0.4 is 5.32 Å². The van der Waals surface area contributed by atoms with Gasteiger partial charge in [0.25, 0.3) is 0 Å². The second kappa shape index (κ2) is 6.30. The molecular weight excluding hydrogens is 302 g/mol. The topological polar surface area (TPSA) is 75.2 Å². The van der Waals surface area contributed by atoms with Gasteiger partial charge in [-0.05, 0) is 43.2 Å². The van der Waals surface area contributed by atoms with Gasteiger partial charge < -0.3 is 10.1 Å². The Kier molecular flexibility index (Phi) is 3.85. The maximum atomic E-state index is 8.98. The van der Waals surface area contributed by atoms with Crippen molar-refractivity contribution < 1.29 is 4.74 Å². The standard InChI is InChI=1S/C18H17N5O/c19-11-13-9-16-1-2-18(23(16)21-12-13)17-10-15(3-6-20-17)22-14-4-7-24-8-5-14/h1-3,6,9-10,12,14H,4-5,7-8H2,(H,20,22). The molecule has 0 radical (unpaired) electrons. The third kappa shape index (κ3) is 2.82. The molecule has 1 N–H and O–H groups in total. The molecule has 0 atom stereocenters. The molecule has 3 aromatic heterocycles. The van der Waals surface area contributed by atoms with E-state index in [1.807, 2.05) is 30.3 Å². The number of aromatic nitrogens is 3. The van der Waals surface area contributed by atoms with Gasteiger partial charge in [-0.1, -0.05) is 0 Å². The lowest BCUT2D eigenvalue weighted by molar-refractivity contribution is 0.0904. The van der Waals surface area contributed by atoms with Crippen molar-refractivity contribution in [1.29, 1.82) is 5.26 Å². The van der Waals surface area contributed by atoms with E-state index in [-0.39, 0.29) is 0 Å². The number of anilines is 1. The Morgan fingerprint density at radius 2 is 2.08 bits per heavy atom. The van der Waals surface area contributed by atoms with Gasteiger partial charge in [-0.3, -0.25) is 4.98 Å². The van der Waals surface area contributed by atoms with E-state index in [0.29, 0.717) is 11.6 Å². The predicted octanol–water partition coefficient (Wildman–Crippen LogP) is 2.86. The van der Waals surface area contributed by atoms with Crippen LogP contribution in [-0.4, -0.2) is 33.9 Å². The van der Waals surface area contributed by atoms with Crippen LogP contribution in [0.4, 0.5) is 5.69 Å². The first-order valence-corrected chi connectivity index (χ1v) is 8.02. The first-order valence-electron chi connectivity index (χ1n) is 8.02. The minimum Gasteiger partial charge on any atom is -0.382 e. The molecule has 0 aromatic carbocycles. The highest BCUT2D eigenvalue weighted by Crippen LogP contribution is 2.24. The zero-order chi connectivity index (χ0) is 16.4. The van der Waals surface area contributed by atoms with Gasteiger partial charge in [-0.15, -0.1) is 0 Å². The first-order chi connectivity index (χ1) is 11.8. The number of hydrogen-bond donors (Lipinski definition) is 1. The van der Waals surface area contributed by atoms with Crippen LogP contribution in [0.2, 0.25) is 0 Å². The van der Waals surface area contributed by atoms with Crippen LogP contribution in [0.25, 0.3) is 16.9 Å². The first kappa shape index (κ1) is 14.7. The SMILES string of the molecule is N#Cc1cnn2c(-c3cc(NC4CCOCC4)ccn3)ccc2c1. The summed E-state index contributed by atoms with van der Waals surface area (Å²) in [7, 11) is 0. The van der Waals surface area contributed by atoms with Gasteiger partial charge in [-0.2, -0.15) is 10.4 Å². The summed E-state index contributed by atoms with van der Waals surface area (Å²) in [5.74, 6) is 0. The van der Waals surface area contributed by atoms with Crippen molar-refractivity contribution in [2.75, 3.05) is 18.5 Å². The van der Waals surface area contributed by atoms with Gasteiger partial charge in [0.05, 0.1) is 28.7 Å². The zero-order valence-corrected chi connectivity index (χ0v) is 13.1. The Balaban J connectivity index is 1.64. The van der Waals surface area contributed by atoms with E-state index in [1.165, 1.54) is 0 Å². The Hall–Kier alpha value is -2.91. The van der Waals surface area contributed by atoms with E-state index in [2.05, 4.69) is 21.5 Å². The number of ether oxygens (including phenoxy) is 1. The van der Waals surface area contributed by atoms with Gasteiger partial charge in [-0.25, -0.2) is 4.52 Å². The maximum Gasteiger partial charge on any atom is 0.101 e. The molecule has 24 heavy (non-hydrogen) atoms. The number of nitrogens with one attached hydrogen (secondary N) is 1. The number of pyridine rings is 1. The molecule has 1 aliphatic heterocycles. The molecular formula is C18H17N5O. The van der Waals surface area contributed by atoms with Crippen LogP contribution in [0.1, 0.15) is 18.4 Å². The molecule has 0 bridgehead atoms. The average Bonchev–Trinajstić information content (AvgIpc) is 3.06. The number of nitriles is 1. The van der Waals surface area contributed by atoms with Crippen molar-refractivity contribution in [3.63, 3.8) is 0 Å². The van der Waals surface area contributed by atoms with Gasteiger partial charge in [0.2, 0.25) is 0 Å². The van der Waals surface area contributed by atoms with E-state index < -0.39 is 0 Å². The molecule has 4 rings (SSSR count). The Labute approximate surface area is 139 Å². The predicted molar refractivity (Wildman–Crippen MR) is 90.6 cm³/mol. The molecule has 120 valence electrons. The Morgan fingerprint density at radius 3 is 2.92 bits per heavy atom. The zero-order valence-electron chi connectivity index (χ0n) is 13.1. The highest BCUT2D eigenvalue weighted by atomic mass is 16.5. The molecule has 0 aliphatic carbocycles. The molecule has 1 saturated heterocycles. The van der Waals surface area contributed by atoms with E-state index in [4.69, 9.17) is 10.00 Å². The van der Waals surface area contributed by atoms with Gasteiger partial charge >= 0.3 is 0 Å². The molecule has 1 aliphatic rings. The average molecular weight is 319 g/mol. The number of rotatable bonds is 3. The monoisotopic (exact) mass is 319 g/mol. The molecule has 0 unspecified atom stereocenters. The van der Waals surface area contributed by atoms with E-state index in [1.54, 1.807) is 16.9 Å². The number of fused-ring (bicyclic) bond motifs is 1. The van der Waals surface area contributed by atoms with Crippen LogP contribution in [0, 0.1) is 11.3 Å². The van der Waals surface area contributed by atoms with Crippen molar-refractivity contribution in [2.24, 2.45) is 0 Å². The molecule has 4 heterocycles. The number of hydrogen-bond acceptors (Lipinski definition) is 5. The minimum atomic E-state index is 0.439. The van der Waals surface area contributed by atoms with Crippen LogP contribution in [0.15, 0.2) is 42.7 Å². The summed E-state index contributed by atoms with van der Waals surface area (Å²) in [5.41, 5.74) is 4.24. The van der Waals surface area contributed by atoms with Crippen molar-refractivity contribution in [2.45, 2.75) is 18.9 Å². The van der Waals surface area contributed by atoms with Crippen molar-refractivity contribution in [3.05, 3.63) is 48.3 Å². The van der Waals surface area contributed by atoms with Crippen LogP contribution >= 0.6 is 0 Å². The largest absolute Gasteiger partial charge is 0.382 e. The summed E-state index contributed by atoms with van der Waals surface area (Å²) in [6.07, 6.45) is 5.41. The molecule has 1 fully saturated rings. The minimum absolute atomic E-state index is 0.439. The summed E-state index contributed by atoms with van der Waals surface area (Å²) in [6.45, 7) is 1.62. The van der Waals surface area contributed by atoms with Gasteiger partial charge in [0.1, 0.15) is 6.07 Å². The maximum absolute atomic E-state index is 8.98. The highest BCUT2D eigenvalue weighted by molar-refractivity contribution is 5.67. The normalized spacial score (nSPS) is 15.3. The molecule has 0 amide bonds. The summed E-state index contributed by atoms with van der Waals surface area (Å²) in [5, 5.41) is 16.9. The summed E-state index contributed by atoms with van der Waals surface area (Å²) in [4.78, 5) is 4.48. The second-order valence-corrected chi connectivity index (χ2v) is 5.87. The lowest BCUT2D eigenvalue weighted by Gasteiger charge is -2.24. The molecule has 3 aromatic rings. The lowest BCUT2D eigenvalue weighted by atomic mass is 10.1. The molecule has 0 spiro atoms. The van der Waals surface area contributed by atoms with Crippen LogP contribution in [0.3, 0.4) is 0 Å². The highest BCUT2D eigenvalue weighted by Gasteiger charge is 2.14. The fourth-order valence-corrected chi connectivity index (χ4v) is 2.99. The molecule has 0 saturated carbocycles. The second-order valence-electron chi connectivity index (χ2n) is 5.87. The summed E-state index contributed by atoms with van der Waals surface area (Å²) in [6, 6.07) is 12.3. The fourth-order valence-electron chi connectivity index (χ4n) is 2.99. The quantitative estimate of drug-likeness (QED) is 0.803. The summed E-state index contributed by atoms with van der Waals surface area (Å²) >= 11 is 0. The van der Waals surface area contributed by atoms with E-state index >= 15 is 0 Å². The van der Waals surface area contributed by atoms with Crippen molar-refractivity contribution in [1.82, 2.24) is 14.6 Å². The lowest BCUT2D eigenvalue weighted by Crippen LogP contribution is -2.27. The third-order valence-electron chi connectivity index (χ3n) is 4.24. The number of nitrogens with zero attached hydrogens (tertiary/aromatic N) is 4. The van der Waals surface area contributed by atoms with Crippen LogP contribution in [-0.2, 0) is 4.74 Å². The van der Waals surface area contributed by atoms with Crippen molar-refractivity contribution in [3.8, 4) is 17.5 Å².